The number of hydrogen-bond acceptors (Lipinski definition) is 3. The predicted octanol–water partition coefficient (Wildman–Crippen LogP) is -0.408. The Morgan fingerprint density at radius 3 is 3.08 bits per heavy atom. The number of nitrogens with two attached hydrogens (primary N) is 1. The standard InChI is InChI=1S/C9H19N3O/c1-7-6-8(3-5-11-7)12-9(13)2-4-10/h7-8,11H,2-6,10H2,1H3,(H,12,13). The van der Waals surface area contributed by atoms with Crippen LogP contribution in [0.15, 0.2) is 0 Å². The van der Waals surface area contributed by atoms with Crippen molar-refractivity contribution in [3.05, 3.63) is 0 Å². The van der Waals surface area contributed by atoms with E-state index in [9.17, 15) is 4.79 Å². The Labute approximate surface area is 79.3 Å². The highest BCUT2D eigenvalue weighted by Crippen LogP contribution is 2.07. The highest BCUT2D eigenvalue weighted by Gasteiger charge is 2.19. The van der Waals surface area contributed by atoms with Crippen molar-refractivity contribution in [2.24, 2.45) is 5.73 Å². The lowest BCUT2D eigenvalue weighted by Gasteiger charge is -2.28. The molecule has 2 unspecified atom stereocenters. The molecule has 0 radical (unpaired) electrons. The van der Waals surface area contributed by atoms with Crippen molar-refractivity contribution in [1.29, 1.82) is 0 Å². The predicted molar refractivity (Wildman–Crippen MR) is 52.3 cm³/mol. The van der Waals surface area contributed by atoms with E-state index in [1.54, 1.807) is 0 Å². The van der Waals surface area contributed by atoms with Crippen molar-refractivity contribution in [3.8, 4) is 0 Å². The van der Waals surface area contributed by atoms with Crippen LogP contribution in [-0.2, 0) is 4.79 Å². The highest BCUT2D eigenvalue weighted by molar-refractivity contribution is 5.76. The Morgan fingerprint density at radius 1 is 1.69 bits per heavy atom. The van der Waals surface area contributed by atoms with Crippen LogP contribution in [0.25, 0.3) is 0 Å². The van der Waals surface area contributed by atoms with Crippen LogP contribution in [0.1, 0.15) is 26.2 Å². The Hall–Kier alpha value is -0.610. The molecule has 1 saturated heterocycles. The fourth-order valence-corrected chi connectivity index (χ4v) is 1.69. The lowest BCUT2D eigenvalue weighted by Crippen LogP contribution is -2.46. The Balaban J connectivity index is 2.23. The molecule has 4 heteroatoms. The summed E-state index contributed by atoms with van der Waals surface area (Å²) in [6.45, 7) is 3.57. The molecule has 4 N–H and O–H groups in total. The molecular formula is C9H19N3O. The summed E-state index contributed by atoms with van der Waals surface area (Å²) in [5.41, 5.74) is 5.29. The van der Waals surface area contributed by atoms with E-state index >= 15 is 0 Å². The summed E-state index contributed by atoms with van der Waals surface area (Å²) in [5.74, 6) is 0.0848. The molecule has 0 bridgehead atoms. The third kappa shape index (κ3) is 3.74. The molecule has 0 aromatic carbocycles. The van der Waals surface area contributed by atoms with E-state index in [1.165, 1.54) is 0 Å². The lowest BCUT2D eigenvalue weighted by molar-refractivity contribution is -0.121. The van der Waals surface area contributed by atoms with Crippen LogP contribution >= 0.6 is 0 Å². The average molecular weight is 185 g/mol. The number of hydrogen-bond donors (Lipinski definition) is 3. The molecule has 1 rings (SSSR count). The van der Waals surface area contributed by atoms with Crippen molar-refractivity contribution < 1.29 is 4.79 Å². The van der Waals surface area contributed by atoms with Gasteiger partial charge in [0.25, 0.3) is 0 Å². The zero-order valence-corrected chi connectivity index (χ0v) is 8.18. The largest absolute Gasteiger partial charge is 0.353 e. The van der Waals surface area contributed by atoms with E-state index in [1.807, 2.05) is 0 Å². The van der Waals surface area contributed by atoms with Crippen molar-refractivity contribution in [1.82, 2.24) is 10.6 Å². The number of rotatable bonds is 3. The summed E-state index contributed by atoms with van der Waals surface area (Å²) >= 11 is 0. The van der Waals surface area contributed by atoms with E-state index in [-0.39, 0.29) is 5.91 Å². The van der Waals surface area contributed by atoms with Crippen molar-refractivity contribution in [2.75, 3.05) is 13.1 Å². The first kappa shape index (κ1) is 10.5. The molecule has 1 aliphatic rings. The fourth-order valence-electron chi connectivity index (χ4n) is 1.69. The van der Waals surface area contributed by atoms with Gasteiger partial charge in [-0.25, -0.2) is 0 Å². The van der Waals surface area contributed by atoms with E-state index in [2.05, 4.69) is 17.6 Å². The van der Waals surface area contributed by atoms with Crippen LogP contribution < -0.4 is 16.4 Å². The number of amides is 1. The van der Waals surface area contributed by atoms with Crippen LogP contribution in [0.3, 0.4) is 0 Å². The van der Waals surface area contributed by atoms with Crippen LogP contribution in [0.4, 0.5) is 0 Å². The van der Waals surface area contributed by atoms with Crippen LogP contribution in [0, 0.1) is 0 Å². The van der Waals surface area contributed by atoms with E-state index in [0.29, 0.717) is 25.0 Å². The monoisotopic (exact) mass is 185 g/mol. The molecule has 0 saturated carbocycles. The first-order chi connectivity index (χ1) is 6.22. The molecule has 4 nitrogen and oxygen atoms in total. The fraction of sp³-hybridized carbons (Fsp3) is 0.889. The quantitative estimate of drug-likeness (QED) is 0.560. The van der Waals surface area contributed by atoms with E-state index in [4.69, 9.17) is 5.73 Å². The summed E-state index contributed by atoms with van der Waals surface area (Å²) in [6.07, 6.45) is 2.50. The molecule has 1 amide bonds. The Morgan fingerprint density at radius 2 is 2.46 bits per heavy atom. The second kappa shape index (κ2) is 5.19. The third-order valence-corrected chi connectivity index (χ3v) is 2.36. The molecule has 13 heavy (non-hydrogen) atoms. The number of nitrogens with one attached hydrogen (secondary N) is 2. The molecule has 1 fully saturated rings. The van der Waals surface area contributed by atoms with E-state index in [0.717, 1.165) is 19.4 Å². The van der Waals surface area contributed by atoms with Gasteiger partial charge < -0.3 is 16.4 Å². The van der Waals surface area contributed by atoms with Crippen molar-refractivity contribution in [3.63, 3.8) is 0 Å². The Bertz CT molecular complexity index is 172. The van der Waals surface area contributed by atoms with Gasteiger partial charge in [0.1, 0.15) is 0 Å². The Kier molecular flexibility index (Phi) is 4.18. The van der Waals surface area contributed by atoms with Crippen LogP contribution in [0.5, 0.6) is 0 Å². The number of piperidine rings is 1. The summed E-state index contributed by atoms with van der Waals surface area (Å²) in [6, 6.07) is 0.854. The first-order valence-electron chi connectivity index (χ1n) is 4.95. The minimum absolute atomic E-state index is 0.0848. The molecule has 1 aliphatic heterocycles. The molecule has 76 valence electrons. The van der Waals surface area contributed by atoms with Gasteiger partial charge in [0.15, 0.2) is 0 Å². The normalized spacial score (nSPS) is 28.5. The first-order valence-corrected chi connectivity index (χ1v) is 4.95. The SMILES string of the molecule is CC1CC(NC(=O)CCN)CCN1. The maximum atomic E-state index is 11.2. The lowest BCUT2D eigenvalue weighted by atomic mass is 10.0. The highest BCUT2D eigenvalue weighted by atomic mass is 16.1. The minimum Gasteiger partial charge on any atom is -0.353 e. The summed E-state index contributed by atoms with van der Waals surface area (Å²) < 4.78 is 0. The molecule has 0 aliphatic carbocycles. The van der Waals surface area contributed by atoms with Gasteiger partial charge in [0.05, 0.1) is 0 Å². The minimum atomic E-state index is 0.0848. The molecule has 0 spiro atoms. The smallest absolute Gasteiger partial charge is 0.221 e. The maximum Gasteiger partial charge on any atom is 0.221 e. The topological polar surface area (TPSA) is 67.2 Å². The van der Waals surface area contributed by atoms with Crippen LogP contribution in [-0.4, -0.2) is 31.1 Å². The van der Waals surface area contributed by atoms with Gasteiger partial charge in [0, 0.05) is 25.0 Å². The molecule has 1 heterocycles. The van der Waals surface area contributed by atoms with Gasteiger partial charge in [-0.1, -0.05) is 0 Å². The van der Waals surface area contributed by atoms with Crippen LogP contribution in [0.2, 0.25) is 0 Å². The van der Waals surface area contributed by atoms with Crippen molar-refractivity contribution >= 4 is 5.91 Å². The molecule has 0 aromatic rings. The zero-order valence-electron chi connectivity index (χ0n) is 8.18. The average Bonchev–Trinajstić information content (AvgIpc) is 2.04. The molecular weight excluding hydrogens is 166 g/mol. The number of carbonyl (C=O) groups is 1. The van der Waals surface area contributed by atoms with Gasteiger partial charge >= 0.3 is 0 Å². The van der Waals surface area contributed by atoms with Crippen molar-refractivity contribution in [2.45, 2.75) is 38.3 Å². The second-order valence-electron chi connectivity index (χ2n) is 3.68. The molecule has 0 aromatic heterocycles. The summed E-state index contributed by atoms with van der Waals surface area (Å²) in [5, 5.41) is 6.33. The zero-order chi connectivity index (χ0) is 9.68. The van der Waals surface area contributed by atoms with Gasteiger partial charge in [-0.05, 0) is 26.3 Å². The van der Waals surface area contributed by atoms with Gasteiger partial charge in [-0.3, -0.25) is 4.79 Å². The number of carbonyl (C=O) groups excluding carboxylic acids is 1. The summed E-state index contributed by atoms with van der Waals surface area (Å²) in [4.78, 5) is 11.2. The van der Waals surface area contributed by atoms with E-state index < -0.39 is 0 Å². The molecule has 2 atom stereocenters. The maximum absolute atomic E-state index is 11.2. The van der Waals surface area contributed by atoms with Gasteiger partial charge in [0.2, 0.25) is 5.91 Å². The second-order valence-corrected chi connectivity index (χ2v) is 3.68. The summed E-state index contributed by atoms with van der Waals surface area (Å²) in [7, 11) is 0. The van der Waals surface area contributed by atoms with Gasteiger partial charge in [-0.2, -0.15) is 0 Å². The van der Waals surface area contributed by atoms with Gasteiger partial charge in [-0.15, -0.1) is 0 Å². The third-order valence-electron chi connectivity index (χ3n) is 2.36.